The molecule has 0 aliphatic heterocycles. The maximum atomic E-state index is 9.91. The number of carbonyl (C=O) groups excluding carboxylic acids is 1. The van der Waals surface area contributed by atoms with E-state index in [-0.39, 0.29) is 6.42 Å². The van der Waals surface area contributed by atoms with Crippen LogP contribution in [0.2, 0.25) is 0 Å². The Hall–Kier alpha value is -1.93. The average Bonchev–Trinajstić information content (AvgIpc) is 1.99. The monoisotopic (exact) mass is 194 g/mol. The van der Waals surface area contributed by atoms with Crippen molar-refractivity contribution in [2.75, 3.05) is 6.61 Å². The van der Waals surface area contributed by atoms with Crippen LogP contribution in [0.5, 0.6) is 0 Å². The lowest BCUT2D eigenvalue weighted by atomic mass is 10.3. The maximum Gasteiger partial charge on any atom is 0.294 e. The number of carbonyl (C=O) groups is 1. The van der Waals surface area contributed by atoms with Crippen molar-refractivity contribution >= 4 is 6.29 Å². The molecule has 9 heteroatoms. The van der Waals surface area contributed by atoms with Crippen molar-refractivity contribution in [3.05, 3.63) is 20.2 Å². The van der Waals surface area contributed by atoms with Gasteiger partial charge in [0.2, 0.25) is 0 Å². The van der Waals surface area contributed by atoms with E-state index in [1.54, 1.807) is 0 Å². The Balaban J connectivity index is 3.85. The Morgan fingerprint density at radius 2 is 1.92 bits per heavy atom. The Kier molecular flexibility index (Phi) is 4.84. The van der Waals surface area contributed by atoms with Crippen LogP contribution in [-0.2, 0) is 14.5 Å². The van der Waals surface area contributed by atoms with E-state index in [1.165, 1.54) is 0 Å². The molecule has 0 heterocycles. The molecule has 0 aliphatic carbocycles. The number of aldehydes is 1. The minimum atomic E-state index is -1.24. The second kappa shape index (κ2) is 5.69. The van der Waals surface area contributed by atoms with Crippen molar-refractivity contribution in [3.63, 3.8) is 0 Å². The fourth-order valence-corrected chi connectivity index (χ4v) is 0.515. The molecule has 0 saturated heterocycles. The van der Waals surface area contributed by atoms with Crippen LogP contribution in [-0.4, -0.2) is 29.2 Å². The van der Waals surface area contributed by atoms with Gasteiger partial charge >= 0.3 is 0 Å². The second-order valence-corrected chi connectivity index (χ2v) is 1.87. The molecule has 0 aliphatic rings. The zero-order valence-electron chi connectivity index (χ0n) is 6.32. The van der Waals surface area contributed by atoms with Gasteiger partial charge in [0.05, 0.1) is 0 Å². The van der Waals surface area contributed by atoms with Crippen molar-refractivity contribution in [3.8, 4) is 0 Å². The van der Waals surface area contributed by atoms with Gasteiger partial charge in [0.15, 0.2) is 0 Å². The highest BCUT2D eigenvalue weighted by Gasteiger charge is 2.14. The third-order valence-electron chi connectivity index (χ3n) is 0.960. The standard InChI is InChI=1S/C4H6N2O7/c7-2-1-4(13-6(10)11)3-12-5(8)9/h2,4H,1,3H2. The lowest BCUT2D eigenvalue weighted by Crippen LogP contribution is -2.24. The summed E-state index contributed by atoms with van der Waals surface area (Å²) >= 11 is 0. The molecule has 0 radical (unpaired) electrons. The summed E-state index contributed by atoms with van der Waals surface area (Å²) in [6, 6.07) is 0. The number of nitrogens with zero attached hydrogens (tertiary/aromatic N) is 2. The van der Waals surface area contributed by atoms with E-state index in [2.05, 4.69) is 9.68 Å². The van der Waals surface area contributed by atoms with Crippen LogP contribution in [0.25, 0.3) is 0 Å². The lowest BCUT2D eigenvalue weighted by Gasteiger charge is -2.09. The smallest absolute Gasteiger partial charge is 0.294 e. The summed E-state index contributed by atoms with van der Waals surface area (Å²) < 4.78 is 0. The molecule has 0 rings (SSSR count). The predicted octanol–water partition coefficient (Wildman–Crippen LogP) is -0.639. The van der Waals surface area contributed by atoms with Gasteiger partial charge in [-0.15, -0.1) is 20.2 Å². The SMILES string of the molecule is O=CCC(CO[N+](=O)[O-])O[N+](=O)[O-]. The van der Waals surface area contributed by atoms with Gasteiger partial charge in [-0.1, -0.05) is 0 Å². The summed E-state index contributed by atoms with van der Waals surface area (Å²) in [4.78, 5) is 37.0. The van der Waals surface area contributed by atoms with E-state index in [0.717, 1.165) is 0 Å². The summed E-state index contributed by atoms with van der Waals surface area (Å²) in [7, 11) is 0. The third-order valence-corrected chi connectivity index (χ3v) is 0.960. The molecular formula is C4H6N2O7. The van der Waals surface area contributed by atoms with Crippen LogP contribution in [0.15, 0.2) is 0 Å². The van der Waals surface area contributed by atoms with Crippen LogP contribution >= 0.6 is 0 Å². The van der Waals surface area contributed by atoms with Gasteiger partial charge in [0, 0.05) is 6.42 Å². The van der Waals surface area contributed by atoms with Gasteiger partial charge in [-0.25, -0.2) is 0 Å². The number of hydrogen-bond acceptors (Lipinski definition) is 7. The molecule has 0 saturated carbocycles. The van der Waals surface area contributed by atoms with Crippen molar-refractivity contribution in [1.82, 2.24) is 0 Å². The molecule has 0 bridgehead atoms. The van der Waals surface area contributed by atoms with Gasteiger partial charge in [0.25, 0.3) is 10.2 Å². The Labute approximate surface area is 71.4 Å². The van der Waals surface area contributed by atoms with Gasteiger partial charge in [0.1, 0.15) is 19.0 Å². The van der Waals surface area contributed by atoms with Crippen LogP contribution in [0, 0.1) is 20.2 Å². The molecule has 0 fully saturated rings. The van der Waals surface area contributed by atoms with E-state index in [0.29, 0.717) is 6.29 Å². The number of rotatable bonds is 7. The molecule has 0 aromatic carbocycles. The average molecular weight is 194 g/mol. The second-order valence-electron chi connectivity index (χ2n) is 1.87. The highest BCUT2D eigenvalue weighted by Crippen LogP contribution is 1.97. The van der Waals surface area contributed by atoms with Crippen LogP contribution in [0.4, 0.5) is 0 Å². The molecule has 1 atom stereocenters. The first-order chi connectivity index (χ1) is 6.06. The zero-order valence-corrected chi connectivity index (χ0v) is 6.32. The van der Waals surface area contributed by atoms with Gasteiger partial charge in [-0.2, -0.15) is 0 Å². The van der Waals surface area contributed by atoms with E-state index >= 15 is 0 Å². The Bertz CT molecular complexity index is 205. The van der Waals surface area contributed by atoms with Gasteiger partial charge in [-0.3, -0.25) is 0 Å². The van der Waals surface area contributed by atoms with E-state index < -0.39 is 22.9 Å². The minimum Gasteiger partial charge on any atom is -0.312 e. The highest BCUT2D eigenvalue weighted by molar-refractivity contribution is 5.50. The highest BCUT2D eigenvalue weighted by atomic mass is 17.0. The van der Waals surface area contributed by atoms with Crippen LogP contribution in [0.3, 0.4) is 0 Å². The van der Waals surface area contributed by atoms with Crippen molar-refractivity contribution in [1.29, 1.82) is 0 Å². The van der Waals surface area contributed by atoms with Crippen molar-refractivity contribution < 1.29 is 24.6 Å². The summed E-state index contributed by atoms with van der Waals surface area (Å²) in [6.07, 6.45) is -1.23. The fourth-order valence-electron chi connectivity index (χ4n) is 0.515. The Morgan fingerprint density at radius 3 is 2.31 bits per heavy atom. The van der Waals surface area contributed by atoms with Crippen LogP contribution < -0.4 is 0 Å². The van der Waals surface area contributed by atoms with E-state index in [4.69, 9.17) is 0 Å². The zero-order chi connectivity index (χ0) is 10.3. The minimum absolute atomic E-state index is 0.338. The largest absolute Gasteiger partial charge is 0.312 e. The van der Waals surface area contributed by atoms with E-state index in [9.17, 15) is 25.0 Å². The third kappa shape index (κ3) is 6.47. The summed E-state index contributed by atoms with van der Waals surface area (Å²) in [5.41, 5.74) is 0. The molecule has 0 N–H and O–H groups in total. The molecule has 9 nitrogen and oxygen atoms in total. The van der Waals surface area contributed by atoms with Gasteiger partial charge < -0.3 is 14.5 Å². The normalized spacial score (nSPS) is 11.4. The molecule has 13 heavy (non-hydrogen) atoms. The van der Waals surface area contributed by atoms with E-state index in [1.807, 2.05) is 0 Å². The first-order valence-electron chi connectivity index (χ1n) is 3.08. The molecular weight excluding hydrogens is 188 g/mol. The first-order valence-corrected chi connectivity index (χ1v) is 3.08. The number of hydrogen-bond donors (Lipinski definition) is 0. The quantitative estimate of drug-likeness (QED) is 0.300. The fraction of sp³-hybridized carbons (Fsp3) is 0.750. The molecule has 74 valence electrons. The van der Waals surface area contributed by atoms with Crippen molar-refractivity contribution in [2.45, 2.75) is 12.5 Å². The van der Waals surface area contributed by atoms with Crippen molar-refractivity contribution in [2.24, 2.45) is 0 Å². The summed E-state index contributed by atoms with van der Waals surface area (Å²) in [5, 5.41) is 17.2. The van der Waals surface area contributed by atoms with Crippen LogP contribution in [0.1, 0.15) is 6.42 Å². The molecule has 0 amide bonds. The summed E-state index contributed by atoms with van der Waals surface area (Å²) in [6.45, 7) is -0.646. The lowest BCUT2D eigenvalue weighted by molar-refractivity contribution is -0.789. The Morgan fingerprint density at radius 1 is 1.31 bits per heavy atom. The summed E-state index contributed by atoms with van der Waals surface area (Å²) in [5.74, 6) is 0. The molecule has 0 aromatic heterocycles. The molecule has 0 aromatic rings. The first kappa shape index (κ1) is 11.1. The topological polar surface area (TPSA) is 122 Å². The van der Waals surface area contributed by atoms with Gasteiger partial charge in [-0.05, 0) is 0 Å². The predicted molar refractivity (Wildman–Crippen MR) is 35.5 cm³/mol. The molecule has 1 unspecified atom stereocenters. The molecule has 0 spiro atoms. The maximum absolute atomic E-state index is 9.91.